The maximum Gasteiger partial charge on any atom is 0.321 e. The first kappa shape index (κ1) is 101. The van der Waals surface area contributed by atoms with Crippen LogP contribution in [0, 0.1) is 27.7 Å². The van der Waals surface area contributed by atoms with Crippen LogP contribution >= 0.6 is 11.6 Å². The Labute approximate surface area is 686 Å². The number of isocyanates is 1. The predicted molar refractivity (Wildman–Crippen MR) is 483 cm³/mol. The number of anilines is 3. The molecule has 0 radical (unpaired) electrons. The minimum atomic E-state index is -0.377. The number of aromatic nitrogens is 4. The van der Waals surface area contributed by atoms with Gasteiger partial charge in [-0.25, -0.2) is 24.0 Å². The Bertz CT molecular complexity index is 4800. The SMILES string of the molecule is C.C.CC.CC.CC.CC.CN.CNC(=O)NC.CNC(=O)NC.CNC(=O)Nc1ccc(-n2c(C)cc3ccccc32)cc1.Cc1cc2ccccc2n1-c1ccc(N)cc1.Cc1cc2ccccc2n1-c1ccc(N=C=O)cc1.Cc1cc2ccccc2n1-c1ccc(NC(=O)N2CCOCC2)cc1.O=C(Cl)N1CCOCC1. The van der Waals surface area contributed by atoms with Crippen molar-refractivity contribution in [2.75, 3.05) is 111 Å². The number of nitrogens with zero attached hydrogens (tertiary/aromatic N) is 7. The van der Waals surface area contributed by atoms with Crippen LogP contribution in [0.3, 0.4) is 0 Å². The van der Waals surface area contributed by atoms with Crippen LogP contribution in [-0.4, -0.2) is 159 Å². The van der Waals surface area contributed by atoms with Crippen LogP contribution in [0.25, 0.3) is 66.4 Å². The Hall–Kier alpha value is -12.2. The fourth-order valence-corrected chi connectivity index (χ4v) is 11.6. The lowest BCUT2D eigenvalue weighted by molar-refractivity contribution is 0.0564. The molecule has 115 heavy (non-hydrogen) atoms. The van der Waals surface area contributed by atoms with Gasteiger partial charge in [0.05, 0.1) is 54.2 Å². The van der Waals surface area contributed by atoms with Crippen molar-refractivity contribution in [3.8, 4) is 22.7 Å². The number of urea groups is 4. The summed E-state index contributed by atoms with van der Waals surface area (Å²) in [7, 11) is 9.37. The van der Waals surface area contributed by atoms with Gasteiger partial charge in [0, 0.05) is 146 Å². The number of ether oxygens (including phenoxy) is 2. The molecular formula is C90H125ClN16O8. The van der Waals surface area contributed by atoms with Crippen LogP contribution in [0.2, 0.25) is 0 Å². The fourth-order valence-electron chi connectivity index (χ4n) is 11.4. The van der Waals surface area contributed by atoms with Crippen LogP contribution in [-0.2, 0) is 14.3 Å². The van der Waals surface area contributed by atoms with Gasteiger partial charge in [-0.05, 0) is 192 Å². The molecule has 0 aliphatic carbocycles. The average Bonchev–Trinajstić information content (AvgIpc) is 1.67. The monoisotopic (exact) mass is 1590 g/mol. The van der Waals surface area contributed by atoms with Crippen molar-refractivity contribution in [2.24, 2.45) is 10.7 Å². The fraction of sp³-hybridized carbons (Fsp3) is 0.311. The van der Waals surface area contributed by atoms with Crippen molar-refractivity contribution < 1.29 is 38.2 Å². The number of aliphatic imine (C=N–C) groups is 1. The summed E-state index contributed by atoms with van der Waals surface area (Å²) in [5.41, 5.74) is 27.1. The van der Waals surface area contributed by atoms with Gasteiger partial charge in [-0.3, -0.25) is 4.79 Å². The number of hydrogen-bond donors (Lipinski definition) is 9. The normalized spacial score (nSPS) is 11.0. The summed E-state index contributed by atoms with van der Waals surface area (Å²) in [6.07, 6.45) is 1.55. The summed E-state index contributed by atoms with van der Waals surface area (Å²) in [5.74, 6) is 0. The summed E-state index contributed by atoms with van der Waals surface area (Å²) >= 11 is 5.19. The van der Waals surface area contributed by atoms with Crippen molar-refractivity contribution >= 4 is 114 Å². The molecule has 14 rings (SSSR count). The average molecular weight is 1590 g/mol. The number of aryl methyl sites for hydroxylation is 4. The lowest BCUT2D eigenvalue weighted by Crippen LogP contribution is -2.43. The Morgan fingerprint density at radius 1 is 0.383 bits per heavy atom. The highest BCUT2D eigenvalue weighted by molar-refractivity contribution is 6.62. The van der Waals surface area contributed by atoms with E-state index in [0.29, 0.717) is 58.3 Å². The standard InChI is InChI=1S/C20H21N3O2.C17H17N3O.C16H12N2O.C15H14N2.C5H8ClNO2.2C3H8N2O.4C2H6.CH5N.2CH4/c1-15-14-16-4-2-3-5-19(16)23(15)18-8-6-17(7-9-18)21-20(24)22-10-12-25-13-11-22;1-12-11-13-5-3-4-6-16(13)20(12)15-9-7-14(8-10-15)19-17(21)18-2;1-12-10-13-4-2-3-5-16(13)18(12)15-8-6-14(7-9-15)17-11-19;1-11-10-12-4-2-3-5-15(12)17(11)14-8-6-13(16)7-9-14;6-5(8)7-1-3-9-4-2-7;2*1-4-3(6)5-2;5*1-2;;/h2-9,14H,10-13H2,1H3,(H,21,24);3-11H,1-2H3,(H2,18,19,21);2-10H,1H3;2-10H,16H2,1H3;1-4H2;2*1-2H3,(H2,4,5,6);4*1-2H3;2H2,1H3;2*1H4. The van der Waals surface area contributed by atoms with E-state index in [-0.39, 0.29) is 44.3 Å². The zero-order chi connectivity index (χ0) is 83.8. The lowest BCUT2D eigenvalue weighted by Gasteiger charge is -2.26. The Balaban J connectivity index is 0.000000684. The second kappa shape index (κ2) is 56.1. The molecule has 9 amide bonds. The Morgan fingerprint density at radius 2 is 0.643 bits per heavy atom. The molecular weight excluding hydrogens is 1470 g/mol. The van der Waals surface area contributed by atoms with E-state index in [9.17, 15) is 28.8 Å². The molecule has 620 valence electrons. The summed E-state index contributed by atoms with van der Waals surface area (Å²) in [6.45, 7) is 29.4. The van der Waals surface area contributed by atoms with Crippen molar-refractivity contribution in [1.29, 1.82) is 0 Å². The molecule has 4 aromatic heterocycles. The maximum atomic E-state index is 12.3. The number of carbonyl (C=O) groups excluding carboxylic acids is 6. The largest absolute Gasteiger partial charge is 0.399 e. The molecule has 0 saturated carbocycles. The number of hydrogen-bond acceptors (Lipinski definition) is 11. The van der Waals surface area contributed by atoms with Gasteiger partial charge in [0.15, 0.2) is 0 Å². The van der Waals surface area contributed by atoms with Crippen molar-refractivity contribution in [2.45, 2.75) is 97.9 Å². The van der Waals surface area contributed by atoms with Gasteiger partial charge in [0.2, 0.25) is 6.08 Å². The minimum absolute atomic E-state index is 0. The predicted octanol–water partition coefficient (Wildman–Crippen LogP) is 19.6. The van der Waals surface area contributed by atoms with E-state index in [1.165, 1.54) is 73.4 Å². The maximum absolute atomic E-state index is 12.3. The number of nitrogen functional groups attached to an aromatic ring is 1. The molecule has 24 nitrogen and oxygen atoms in total. The number of para-hydroxylation sites is 4. The van der Waals surface area contributed by atoms with E-state index in [1.807, 2.05) is 165 Å². The van der Waals surface area contributed by atoms with Crippen LogP contribution in [0.1, 0.15) is 93.0 Å². The van der Waals surface area contributed by atoms with Crippen LogP contribution in [0.5, 0.6) is 0 Å². The van der Waals surface area contributed by atoms with Gasteiger partial charge >= 0.3 is 29.5 Å². The third-order valence-electron chi connectivity index (χ3n) is 16.5. The van der Waals surface area contributed by atoms with Gasteiger partial charge in [-0.15, -0.1) is 0 Å². The van der Waals surface area contributed by atoms with E-state index in [4.69, 9.17) is 26.8 Å². The zero-order valence-corrected chi connectivity index (χ0v) is 69.6. The molecule has 11 N–H and O–H groups in total. The quantitative estimate of drug-likeness (QED) is 0.0239. The van der Waals surface area contributed by atoms with E-state index < -0.39 is 0 Å². The molecule has 2 fully saturated rings. The van der Waals surface area contributed by atoms with E-state index in [1.54, 1.807) is 51.1 Å². The molecule has 0 bridgehead atoms. The first-order valence-electron chi connectivity index (χ1n) is 37.9. The number of nitrogens with two attached hydrogens (primary N) is 2. The van der Waals surface area contributed by atoms with Crippen molar-refractivity contribution in [1.82, 2.24) is 54.7 Å². The zero-order valence-electron chi connectivity index (χ0n) is 68.9. The number of benzene rings is 8. The van der Waals surface area contributed by atoms with Gasteiger partial charge in [0.25, 0.3) is 0 Å². The Kier molecular flexibility index (Phi) is 49.2. The molecule has 0 atom stereocenters. The van der Waals surface area contributed by atoms with Crippen LogP contribution in [0.4, 0.5) is 46.7 Å². The summed E-state index contributed by atoms with van der Waals surface area (Å²) in [4.78, 5) is 71.1. The van der Waals surface area contributed by atoms with E-state index in [2.05, 4.69) is 203 Å². The van der Waals surface area contributed by atoms with Gasteiger partial charge in [-0.2, -0.15) is 4.99 Å². The van der Waals surface area contributed by atoms with Crippen LogP contribution < -0.4 is 48.7 Å². The van der Waals surface area contributed by atoms with Crippen LogP contribution in [0.15, 0.2) is 223 Å². The summed E-state index contributed by atoms with van der Waals surface area (Å²) in [6, 6.07) is 72.7. The summed E-state index contributed by atoms with van der Waals surface area (Å²) in [5, 5.41) is 22.3. The third kappa shape index (κ3) is 31.0. The van der Waals surface area contributed by atoms with Crippen molar-refractivity contribution in [3.63, 3.8) is 0 Å². The van der Waals surface area contributed by atoms with E-state index >= 15 is 0 Å². The van der Waals surface area contributed by atoms with Crippen molar-refractivity contribution in [3.05, 3.63) is 241 Å². The molecule has 25 heteroatoms. The molecule has 6 heterocycles. The lowest BCUT2D eigenvalue weighted by atomic mass is 10.2. The van der Waals surface area contributed by atoms with Gasteiger partial charge < -0.3 is 86.2 Å². The second-order valence-electron chi connectivity index (χ2n) is 23.4. The highest BCUT2D eigenvalue weighted by Gasteiger charge is 2.18. The van der Waals surface area contributed by atoms with E-state index in [0.717, 1.165) is 39.8 Å². The highest BCUT2D eigenvalue weighted by Crippen LogP contribution is 2.29. The Morgan fingerprint density at radius 3 is 0.904 bits per heavy atom. The molecule has 0 spiro atoms. The molecule has 8 aromatic carbocycles. The molecule has 12 aromatic rings. The number of nitrogens with one attached hydrogen (secondary N) is 7. The minimum Gasteiger partial charge on any atom is -0.399 e. The number of fused-ring (bicyclic) bond motifs is 4. The number of carbonyl (C=O) groups is 5. The molecule has 0 unspecified atom stereocenters. The summed E-state index contributed by atoms with van der Waals surface area (Å²) < 4.78 is 19.1. The molecule has 2 aliphatic rings. The number of halogens is 1. The van der Waals surface area contributed by atoms with Gasteiger partial charge in [0.1, 0.15) is 0 Å². The first-order valence-corrected chi connectivity index (χ1v) is 38.3. The molecule has 2 saturated heterocycles. The smallest absolute Gasteiger partial charge is 0.321 e. The number of amides is 9. The number of morpholine rings is 2. The highest BCUT2D eigenvalue weighted by atomic mass is 35.5. The van der Waals surface area contributed by atoms with Gasteiger partial charge in [-0.1, -0.05) is 143 Å². The topological polar surface area (TPSA) is 296 Å². The third-order valence-corrected chi connectivity index (χ3v) is 16.7. The first-order chi connectivity index (χ1) is 54.9. The molecule has 2 aliphatic heterocycles. The number of rotatable bonds is 7. The second-order valence-corrected chi connectivity index (χ2v) is 23.7.